The number of ether oxygens (including phenoxy) is 1. The molecule has 0 aromatic heterocycles. The van der Waals surface area contributed by atoms with E-state index in [1.165, 1.54) is 12.0 Å². The molecule has 2 aromatic carbocycles. The van der Waals surface area contributed by atoms with E-state index in [-0.39, 0.29) is 18.5 Å². The summed E-state index contributed by atoms with van der Waals surface area (Å²) in [6.07, 6.45) is 1.43. The van der Waals surface area contributed by atoms with Crippen molar-refractivity contribution in [3.8, 4) is 5.75 Å². The van der Waals surface area contributed by atoms with E-state index in [4.69, 9.17) is 4.74 Å². The SMILES string of the molecule is CC[C@H](C(=O)NC(C)C)N(Cc1ccccc1)C(=O)CN(c1cccc(OC)c1)S(C)(=O)=O. The lowest BCUT2D eigenvalue weighted by molar-refractivity contribution is -0.140. The van der Waals surface area contributed by atoms with Gasteiger partial charge >= 0.3 is 0 Å². The Balaban J connectivity index is 2.42. The molecule has 9 heteroatoms. The maximum atomic E-state index is 13.5. The molecule has 1 atom stereocenters. The highest BCUT2D eigenvalue weighted by molar-refractivity contribution is 7.92. The number of anilines is 1. The second kappa shape index (κ2) is 11.7. The van der Waals surface area contributed by atoms with Crippen LogP contribution in [0.2, 0.25) is 0 Å². The van der Waals surface area contributed by atoms with Crippen molar-refractivity contribution >= 4 is 27.5 Å². The van der Waals surface area contributed by atoms with Crippen molar-refractivity contribution in [1.29, 1.82) is 0 Å². The zero-order chi connectivity index (χ0) is 24.6. The Labute approximate surface area is 196 Å². The molecule has 0 spiro atoms. The lowest BCUT2D eigenvalue weighted by Crippen LogP contribution is -2.53. The highest BCUT2D eigenvalue weighted by atomic mass is 32.2. The van der Waals surface area contributed by atoms with Crippen LogP contribution in [-0.4, -0.2) is 57.1 Å². The Kier molecular flexibility index (Phi) is 9.28. The zero-order valence-electron chi connectivity index (χ0n) is 19.8. The average molecular weight is 476 g/mol. The van der Waals surface area contributed by atoms with Gasteiger partial charge < -0.3 is 15.0 Å². The average Bonchev–Trinajstić information content (AvgIpc) is 2.76. The van der Waals surface area contributed by atoms with E-state index in [9.17, 15) is 18.0 Å². The lowest BCUT2D eigenvalue weighted by atomic mass is 10.1. The van der Waals surface area contributed by atoms with Crippen LogP contribution >= 0.6 is 0 Å². The minimum atomic E-state index is -3.79. The lowest BCUT2D eigenvalue weighted by Gasteiger charge is -2.33. The molecule has 0 aliphatic heterocycles. The summed E-state index contributed by atoms with van der Waals surface area (Å²) in [5, 5.41) is 2.86. The van der Waals surface area contributed by atoms with Crippen LogP contribution in [0.3, 0.4) is 0 Å². The first-order valence-corrected chi connectivity index (χ1v) is 12.7. The van der Waals surface area contributed by atoms with Crippen LogP contribution in [0.15, 0.2) is 54.6 Å². The first-order chi connectivity index (χ1) is 15.6. The minimum Gasteiger partial charge on any atom is -0.497 e. The number of carbonyl (C=O) groups is 2. The van der Waals surface area contributed by atoms with Crippen molar-refractivity contribution in [3.63, 3.8) is 0 Å². The van der Waals surface area contributed by atoms with Gasteiger partial charge in [-0.1, -0.05) is 43.3 Å². The van der Waals surface area contributed by atoms with Gasteiger partial charge in [0.1, 0.15) is 18.3 Å². The Morgan fingerprint density at radius 3 is 2.27 bits per heavy atom. The van der Waals surface area contributed by atoms with Crippen molar-refractivity contribution in [3.05, 3.63) is 60.2 Å². The molecule has 0 fully saturated rings. The molecule has 2 rings (SSSR count). The van der Waals surface area contributed by atoms with Gasteiger partial charge in [-0.2, -0.15) is 0 Å². The van der Waals surface area contributed by atoms with Gasteiger partial charge in [0.25, 0.3) is 0 Å². The molecule has 0 unspecified atom stereocenters. The van der Waals surface area contributed by atoms with Crippen LogP contribution in [-0.2, 0) is 26.2 Å². The summed E-state index contributed by atoms with van der Waals surface area (Å²) in [6, 6.07) is 15.0. The third kappa shape index (κ3) is 7.49. The van der Waals surface area contributed by atoms with Gasteiger partial charge in [0.15, 0.2) is 0 Å². The molecule has 1 N–H and O–H groups in total. The molecule has 0 aliphatic carbocycles. The van der Waals surface area contributed by atoms with E-state index in [0.717, 1.165) is 16.1 Å². The molecular formula is C24H33N3O5S. The predicted octanol–water partition coefficient (Wildman–Crippen LogP) is 2.79. The molecular weight excluding hydrogens is 442 g/mol. The van der Waals surface area contributed by atoms with Crippen molar-refractivity contribution in [2.75, 3.05) is 24.2 Å². The molecule has 8 nitrogen and oxygen atoms in total. The Morgan fingerprint density at radius 2 is 1.73 bits per heavy atom. The summed E-state index contributed by atoms with van der Waals surface area (Å²) in [4.78, 5) is 27.9. The topological polar surface area (TPSA) is 96.0 Å². The number of hydrogen-bond donors (Lipinski definition) is 1. The second-order valence-electron chi connectivity index (χ2n) is 8.07. The number of amides is 2. The fourth-order valence-electron chi connectivity index (χ4n) is 3.46. The van der Waals surface area contributed by atoms with Crippen LogP contribution in [0, 0.1) is 0 Å². The molecule has 0 radical (unpaired) electrons. The molecule has 0 bridgehead atoms. The maximum absolute atomic E-state index is 13.5. The van der Waals surface area contributed by atoms with Gasteiger partial charge in [-0.3, -0.25) is 13.9 Å². The number of hydrogen-bond acceptors (Lipinski definition) is 5. The molecule has 0 saturated heterocycles. The van der Waals surface area contributed by atoms with Crippen molar-refractivity contribution in [1.82, 2.24) is 10.2 Å². The summed E-state index contributed by atoms with van der Waals surface area (Å²) in [7, 11) is -2.30. The monoisotopic (exact) mass is 475 g/mol. The molecule has 0 heterocycles. The van der Waals surface area contributed by atoms with E-state index < -0.39 is 28.5 Å². The van der Waals surface area contributed by atoms with Crippen LogP contribution in [0.25, 0.3) is 0 Å². The molecule has 0 saturated carbocycles. The number of rotatable bonds is 11. The van der Waals surface area contributed by atoms with Crippen LogP contribution in [0.4, 0.5) is 5.69 Å². The van der Waals surface area contributed by atoms with Gasteiger partial charge in [-0.05, 0) is 38.0 Å². The summed E-state index contributed by atoms with van der Waals surface area (Å²) in [5.41, 5.74) is 1.15. The summed E-state index contributed by atoms with van der Waals surface area (Å²) in [5.74, 6) is -0.278. The normalized spacial score (nSPS) is 12.2. The Morgan fingerprint density at radius 1 is 1.06 bits per heavy atom. The number of carbonyl (C=O) groups excluding carboxylic acids is 2. The van der Waals surface area contributed by atoms with E-state index in [1.54, 1.807) is 24.3 Å². The largest absolute Gasteiger partial charge is 0.497 e. The van der Waals surface area contributed by atoms with Crippen molar-refractivity contribution in [2.24, 2.45) is 0 Å². The van der Waals surface area contributed by atoms with Crippen molar-refractivity contribution < 1.29 is 22.7 Å². The van der Waals surface area contributed by atoms with Crippen LogP contribution in [0.5, 0.6) is 5.75 Å². The van der Waals surface area contributed by atoms with Gasteiger partial charge in [-0.25, -0.2) is 8.42 Å². The van der Waals surface area contributed by atoms with Gasteiger partial charge in [0.2, 0.25) is 21.8 Å². The zero-order valence-corrected chi connectivity index (χ0v) is 20.6. The number of benzene rings is 2. The number of sulfonamides is 1. The first-order valence-electron chi connectivity index (χ1n) is 10.8. The minimum absolute atomic E-state index is 0.0930. The van der Waals surface area contributed by atoms with Gasteiger partial charge in [0, 0.05) is 18.7 Å². The molecule has 2 aromatic rings. The first kappa shape index (κ1) is 26.2. The number of nitrogens with zero attached hydrogens (tertiary/aromatic N) is 2. The molecule has 180 valence electrons. The van der Waals surface area contributed by atoms with E-state index in [2.05, 4.69) is 5.32 Å². The van der Waals surface area contributed by atoms with E-state index in [0.29, 0.717) is 17.9 Å². The standard InChI is InChI=1S/C24H33N3O5S/c1-6-22(24(29)25-18(2)3)26(16-19-11-8-7-9-12-19)23(28)17-27(33(5,30)31)20-13-10-14-21(15-20)32-4/h7-15,18,22H,6,16-17H2,1-5H3,(H,25,29)/t22-/m1/s1. The fourth-order valence-corrected chi connectivity index (χ4v) is 4.30. The maximum Gasteiger partial charge on any atom is 0.244 e. The van der Waals surface area contributed by atoms with E-state index in [1.807, 2.05) is 51.1 Å². The summed E-state index contributed by atoms with van der Waals surface area (Å²) < 4.78 is 31.4. The summed E-state index contributed by atoms with van der Waals surface area (Å²) in [6.45, 7) is 5.26. The predicted molar refractivity (Wildman–Crippen MR) is 130 cm³/mol. The van der Waals surface area contributed by atoms with E-state index >= 15 is 0 Å². The highest BCUT2D eigenvalue weighted by Crippen LogP contribution is 2.24. The Hall–Kier alpha value is -3.07. The molecule has 33 heavy (non-hydrogen) atoms. The quantitative estimate of drug-likeness (QED) is 0.539. The van der Waals surface area contributed by atoms with Crippen LogP contribution < -0.4 is 14.4 Å². The number of nitrogens with one attached hydrogen (secondary N) is 1. The molecule has 2 amide bonds. The van der Waals surface area contributed by atoms with Crippen LogP contribution in [0.1, 0.15) is 32.8 Å². The highest BCUT2D eigenvalue weighted by Gasteiger charge is 2.32. The third-order valence-corrected chi connectivity index (χ3v) is 6.17. The van der Waals surface area contributed by atoms with Gasteiger partial charge in [-0.15, -0.1) is 0 Å². The fraction of sp³-hybridized carbons (Fsp3) is 0.417. The van der Waals surface area contributed by atoms with Gasteiger partial charge in [0.05, 0.1) is 19.1 Å². The second-order valence-corrected chi connectivity index (χ2v) is 9.97. The smallest absolute Gasteiger partial charge is 0.244 e. The molecule has 0 aliphatic rings. The number of methoxy groups -OCH3 is 1. The third-order valence-electron chi connectivity index (χ3n) is 5.03. The summed E-state index contributed by atoms with van der Waals surface area (Å²) >= 11 is 0. The Bertz CT molecular complexity index is 1040. The van der Waals surface area contributed by atoms with Crippen molar-refractivity contribution in [2.45, 2.75) is 45.8 Å².